The molecule has 2 aliphatic heterocycles. The van der Waals surface area contributed by atoms with Crippen molar-refractivity contribution in [2.24, 2.45) is 5.92 Å². The van der Waals surface area contributed by atoms with Gasteiger partial charge in [-0.2, -0.15) is 0 Å². The van der Waals surface area contributed by atoms with Crippen LogP contribution in [0.25, 0.3) is 0 Å². The van der Waals surface area contributed by atoms with Crippen LogP contribution in [0.1, 0.15) is 24.4 Å². The lowest BCUT2D eigenvalue weighted by Crippen LogP contribution is -2.32. The zero-order chi connectivity index (χ0) is 12.4. The minimum absolute atomic E-state index is 0.238. The van der Waals surface area contributed by atoms with Crippen LogP contribution in [0.15, 0.2) is 18.2 Å². The SMILES string of the molecule is Oc1ccc2c(c1)OCC2NCC1CCCOC1. The molecule has 1 aromatic carbocycles. The van der Waals surface area contributed by atoms with Crippen molar-refractivity contribution in [1.82, 2.24) is 5.32 Å². The first-order valence-corrected chi connectivity index (χ1v) is 6.60. The maximum Gasteiger partial charge on any atom is 0.127 e. The van der Waals surface area contributed by atoms with E-state index in [9.17, 15) is 5.11 Å². The zero-order valence-electron chi connectivity index (χ0n) is 10.4. The van der Waals surface area contributed by atoms with E-state index >= 15 is 0 Å². The molecule has 18 heavy (non-hydrogen) atoms. The number of rotatable bonds is 3. The first-order chi connectivity index (χ1) is 8.83. The van der Waals surface area contributed by atoms with Gasteiger partial charge in [0.15, 0.2) is 0 Å². The van der Waals surface area contributed by atoms with Gasteiger partial charge in [-0.05, 0) is 30.9 Å². The van der Waals surface area contributed by atoms with Gasteiger partial charge in [-0.25, -0.2) is 0 Å². The molecule has 0 amide bonds. The van der Waals surface area contributed by atoms with Crippen molar-refractivity contribution in [3.63, 3.8) is 0 Å². The van der Waals surface area contributed by atoms with Crippen molar-refractivity contribution in [2.45, 2.75) is 18.9 Å². The molecule has 0 aliphatic carbocycles. The van der Waals surface area contributed by atoms with Crippen molar-refractivity contribution in [3.8, 4) is 11.5 Å². The molecule has 0 spiro atoms. The van der Waals surface area contributed by atoms with Gasteiger partial charge < -0.3 is 19.9 Å². The topological polar surface area (TPSA) is 50.7 Å². The average molecular weight is 249 g/mol. The number of nitrogens with one attached hydrogen (secondary N) is 1. The van der Waals surface area contributed by atoms with Crippen molar-refractivity contribution >= 4 is 0 Å². The second-order valence-corrected chi connectivity index (χ2v) is 5.08. The maximum atomic E-state index is 9.40. The van der Waals surface area contributed by atoms with Crippen molar-refractivity contribution in [2.75, 3.05) is 26.4 Å². The summed E-state index contributed by atoms with van der Waals surface area (Å²) in [6, 6.07) is 5.57. The highest BCUT2D eigenvalue weighted by Gasteiger charge is 2.25. The van der Waals surface area contributed by atoms with E-state index in [1.54, 1.807) is 12.1 Å². The summed E-state index contributed by atoms with van der Waals surface area (Å²) < 4.78 is 11.1. The fourth-order valence-electron chi connectivity index (χ4n) is 2.65. The molecule has 0 saturated carbocycles. The summed E-state index contributed by atoms with van der Waals surface area (Å²) in [6.45, 7) is 3.38. The first-order valence-electron chi connectivity index (χ1n) is 6.60. The van der Waals surface area contributed by atoms with Crippen LogP contribution in [-0.2, 0) is 4.74 Å². The number of benzene rings is 1. The van der Waals surface area contributed by atoms with Gasteiger partial charge in [0.2, 0.25) is 0 Å². The predicted octanol–water partition coefficient (Wildman–Crippen LogP) is 1.84. The Morgan fingerprint density at radius 3 is 3.11 bits per heavy atom. The van der Waals surface area contributed by atoms with Crippen LogP contribution < -0.4 is 10.1 Å². The fourth-order valence-corrected chi connectivity index (χ4v) is 2.65. The van der Waals surface area contributed by atoms with E-state index in [1.807, 2.05) is 6.07 Å². The molecule has 3 rings (SSSR count). The molecule has 2 aliphatic rings. The van der Waals surface area contributed by atoms with E-state index in [2.05, 4.69) is 5.32 Å². The minimum atomic E-state index is 0.238. The van der Waals surface area contributed by atoms with E-state index < -0.39 is 0 Å². The van der Waals surface area contributed by atoms with E-state index in [4.69, 9.17) is 9.47 Å². The smallest absolute Gasteiger partial charge is 0.127 e. The van der Waals surface area contributed by atoms with E-state index in [0.717, 1.165) is 37.5 Å². The minimum Gasteiger partial charge on any atom is -0.508 e. The van der Waals surface area contributed by atoms with Crippen molar-refractivity contribution in [1.29, 1.82) is 0 Å². The van der Waals surface area contributed by atoms with Gasteiger partial charge in [0.25, 0.3) is 0 Å². The summed E-state index contributed by atoms with van der Waals surface area (Å²) in [5.41, 5.74) is 1.14. The molecule has 2 heterocycles. The number of phenolic OH excluding ortho intramolecular Hbond substituents is 1. The van der Waals surface area contributed by atoms with Crippen LogP contribution in [0, 0.1) is 5.92 Å². The maximum absolute atomic E-state index is 9.40. The summed E-state index contributed by atoms with van der Waals surface area (Å²) >= 11 is 0. The third kappa shape index (κ3) is 2.44. The van der Waals surface area contributed by atoms with Gasteiger partial charge in [-0.15, -0.1) is 0 Å². The van der Waals surface area contributed by atoms with E-state index in [0.29, 0.717) is 12.5 Å². The third-order valence-corrected chi connectivity index (χ3v) is 3.69. The molecule has 1 fully saturated rings. The molecule has 0 aromatic heterocycles. The highest BCUT2D eigenvalue weighted by Crippen LogP contribution is 2.34. The Morgan fingerprint density at radius 1 is 1.33 bits per heavy atom. The normalized spacial score (nSPS) is 26.7. The van der Waals surface area contributed by atoms with Gasteiger partial charge in [-0.1, -0.05) is 0 Å². The van der Waals surface area contributed by atoms with E-state index in [1.165, 1.54) is 6.42 Å². The van der Waals surface area contributed by atoms with Crippen LogP contribution in [0.3, 0.4) is 0 Å². The Morgan fingerprint density at radius 2 is 2.28 bits per heavy atom. The summed E-state index contributed by atoms with van der Waals surface area (Å²) in [5, 5.41) is 12.9. The number of hydrogen-bond donors (Lipinski definition) is 2. The highest BCUT2D eigenvalue weighted by atomic mass is 16.5. The Hall–Kier alpha value is -1.26. The monoisotopic (exact) mass is 249 g/mol. The second-order valence-electron chi connectivity index (χ2n) is 5.08. The average Bonchev–Trinajstić information content (AvgIpc) is 2.80. The molecular weight excluding hydrogens is 230 g/mol. The molecule has 0 radical (unpaired) electrons. The summed E-state index contributed by atoms with van der Waals surface area (Å²) in [7, 11) is 0. The van der Waals surface area contributed by atoms with Crippen molar-refractivity contribution in [3.05, 3.63) is 23.8 Å². The summed E-state index contributed by atoms with van der Waals surface area (Å²) in [5.74, 6) is 1.67. The Bertz CT molecular complexity index is 416. The van der Waals surface area contributed by atoms with E-state index in [-0.39, 0.29) is 11.8 Å². The lowest BCUT2D eigenvalue weighted by Gasteiger charge is -2.23. The third-order valence-electron chi connectivity index (χ3n) is 3.69. The van der Waals surface area contributed by atoms with Crippen molar-refractivity contribution < 1.29 is 14.6 Å². The number of fused-ring (bicyclic) bond motifs is 1. The van der Waals surface area contributed by atoms with Gasteiger partial charge >= 0.3 is 0 Å². The number of hydrogen-bond acceptors (Lipinski definition) is 4. The standard InChI is InChI=1S/C14H19NO3/c16-11-3-4-12-13(9-18-14(12)6-11)15-7-10-2-1-5-17-8-10/h3-4,6,10,13,15-16H,1-2,5,7-9H2. The lowest BCUT2D eigenvalue weighted by molar-refractivity contribution is 0.0535. The molecule has 2 unspecified atom stereocenters. The van der Waals surface area contributed by atoms with Crippen LogP contribution >= 0.6 is 0 Å². The predicted molar refractivity (Wildman–Crippen MR) is 67.9 cm³/mol. The number of aromatic hydroxyl groups is 1. The summed E-state index contributed by atoms with van der Waals surface area (Å²) in [6.07, 6.45) is 2.40. The Kier molecular flexibility index (Phi) is 3.39. The van der Waals surface area contributed by atoms with Crippen LogP contribution in [0.4, 0.5) is 0 Å². The van der Waals surface area contributed by atoms with Crippen LogP contribution in [0.5, 0.6) is 11.5 Å². The fraction of sp³-hybridized carbons (Fsp3) is 0.571. The van der Waals surface area contributed by atoms with Crippen LogP contribution in [0.2, 0.25) is 0 Å². The quantitative estimate of drug-likeness (QED) is 0.858. The molecule has 98 valence electrons. The van der Waals surface area contributed by atoms with Gasteiger partial charge in [0.1, 0.15) is 18.1 Å². The van der Waals surface area contributed by atoms with Gasteiger partial charge in [0, 0.05) is 24.8 Å². The van der Waals surface area contributed by atoms with Gasteiger partial charge in [-0.3, -0.25) is 0 Å². The van der Waals surface area contributed by atoms with Crippen LogP contribution in [-0.4, -0.2) is 31.5 Å². The molecule has 1 aromatic rings. The Balaban J connectivity index is 1.59. The number of phenols is 1. The largest absolute Gasteiger partial charge is 0.508 e. The molecule has 2 N–H and O–H groups in total. The molecule has 4 nitrogen and oxygen atoms in total. The highest BCUT2D eigenvalue weighted by molar-refractivity contribution is 5.44. The zero-order valence-corrected chi connectivity index (χ0v) is 10.4. The Labute approximate surface area is 107 Å². The second kappa shape index (κ2) is 5.16. The molecule has 0 bridgehead atoms. The lowest BCUT2D eigenvalue weighted by atomic mass is 10.0. The summed E-state index contributed by atoms with van der Waals surface area (Å²) in [4.78, 5) is 0. The number of ether oxygens (including phenoxy) is 2. The first kappa shape index (κ1) is 11.8. The van der Waals surface area contributed by atoms with Gasteiger partial charge in [0.05, 0.1) is 12.6 Å². The molecule has 2 atom stereocenters. The molecule has 1 saturated heterocycles. The molecular formula is C14H19NO3. The molecule has 4 heteroatoms.